The van der Waals surface area contributed by atoms with E-state index in [1.807, 2.05) is 0 Å². The number of hydrogen-bond acceptors (Lipinski definition) is 0. The smallest absolute Gasteiger partial charge is 0.00984 e. The second-order valence-electron chi connectivity index (χ2n) is 7.76. The first-order chi connectivity index (χ1) is 12.4. The third-order valence-corrected chi connectivity index (χ3v) is 9.14. The summed E-state index contributed by atoms with van der Waals surface area (Å²) in [6.07, 6.45) is 3.77. The molecule has 0 amide bonds. The van der Waals surface area contributed by atoms with E-state index in [1.54, 1.807) is 11.1 Å². The van der Waals surface area contributed by atoms with Crippen LogP contribution in [-0.4, -0.2) is 6.16 Å². The van der Waals surface area contributed by atoms with E-state index >= 15 is 0 Å². The van der Waals surface area contributed by atoms with Gasteiger partial charge in [0.15, 0.2) is 0 Å². The highest BCUT2D eigenvalue weighted by molar-refractivity contribution is 7.73. The Kier molecular flexibility index (Phi) is 5.83. The highest BCUT2D eigenvalue weighted by atomic mass is 31.1. The molecule has 0 aliphatic heterocycles. The van der Waals surface area contributed by atoms with Crippen molar-refractivity contribution in [1.29, 1.82) is 0 Å². The zero-order valence-electron chi connectivity index (χ0n) is 16.8. The van der Waals surface area contributed by atoms with Crippen molar-refractivity contribution in [1.82, 2.24) is 0 Å². The van der Waals surface area contributed by atoms with E-state index in [1.165, 1.54) is 40.8 Å². The Balaban J connectivity index is 1.78. The van der Waals surface area contributed by atoms with Crippen LogP contribution >= 0.6 is 7.92 Å². The van der Waals surface area contributed by atoms with E-state index in [-0.39, 0.29) is 13.3 Å². The Morgan fingerprint density at radius 1 is 0.692 bits per heavy atom. The molecule has 1 heteroatoms. The fourth-order valence-corrected chi connectivity index (χ4v) is 6.61. The lowest BCUT2D eigenvalue weighted by Gasteiger charge is -2.30. The summed E-state index contributed by atoms with van der Waals surface area (Å²) in [5.41, 5.74) is 6.44. The molecule has 2 aromatic carbocycles. The summed E-state index contributed by atoms with van der Waals surface area (Å²) >= 11 is 0. The Morgan fingerprint density at radius 3 is 1.54 bits per heavy atom. The predicted molar refractivity (Wildman–Crippen MR) is 118 cm³/mol. The summed E-state index contributed by atoms with van der Waals surface area (Å²) in [4.78, 5) is 0. The SMILES string of the molecule is CC1=C(C)C(C)(CCCP(c2ccccc2)c2ccccc2)C(C)=C1C. The highest BCUT2D eigenvalue weighted by Crippen LogP contribution is 2.50. The van der Waals surface area contributed by atoms with Gasteiger partial charge in [0.2, 0.25) is 0 Å². The van der Waals surface area contributed by atoms with Crippen molar-refractivity contribution in [3.8, 4) is 0 Å². The summed E-state index contributed by atoms with van der Waals surface area (Å²) < 4.78 is 0. The van der Waals surface area contributed by atoms with Crippen LogP contribution in [0.15, 0.2) is 83.0 Å². The van der Waals surface area contributed by atoms with Crippen LogP contribution in [-0.2, 0) is 0 Å². The average Bonchev–Trinajstić information content (AvgIpc) is 2.82. The van der Waals surface area contributed by atoms with Gasteiger partial charge in [0.05, 0.1) is 0 Å². The largest absolute Gasteiger partial charge is 0.0622 e. The van der Waals surface area contributed by atoms with Gasteiger partial charge in [-0.25, -0.2) is 0 Å². The molecule has 0 N–H and O–H groups in total. The van der Waals surface area contributed by atoms with Crippen molar-refractivity contribution in [2.24, 2.45) is 5.41 Å². The van der Waals surface area contributed by atoms with E-state index < -0.39 is 0 Å². The van der Waals surface area contributed by atoms with Gasteiger partial charge in [-0.05, 0) is 76.4 Å². The van der Waals surface area contributed by atoms with Crippen LogP contribution in [0.4, 0.5) is 0 Å². The second kappa shape index (κ2) is 7.93. The van der Waals surface area contributed by atoms with E-state index in [9.17, 15) is 0 Å². The normalized spacial score (nSPS) is 16.7. The van der Waals surface area contributed by atoms with Gasteiger partial charge in [0.1, 0.15) is 0 Å². The predicted octanol–water partition coefficient (Wildman–Crippen LogP) is 6.59. The van der Waals surface area contributed by atoms with Crippen LogP contribution in [0.5, 0.6) is 0 Å². The van der Waals surface area contributed by atoms with Crippen LogP contribution in [0.1, 0.15) is 47.5 Å². The summed E-state index contributed by atoms with van der Waals surface area (Å²) in [5.74, 6) is 0. The lowest BCUT2D eigenvalue weighted by atomic mass is 9.76. The summed E-state index contributed by atoms with van der Waals surface area (Å²) in [6.45, 7) is 11.7. The van der Waals surface area contributed by atoms with Crippen LogP contribution < -0.4 is 10.6 Å². The molecule has 0 aromatic heterocycles. The molecule has 0 spiro atoms. The molecule has 0 atom stereocenters. The van der Waals surface area contributed by atoms with Gasteiger partial charge in [-0.3, -0.25) is 0 Å². The lowest BCUT2D eigenvalue weighted by molar-refractivity contribution is 0.439. The van der Waals surface area contributed by atoms with Gasteiger partial charge in [-0.2, -0.15) is 0 Å². The standard InChI is InChI=1S/C25H31P/c1-19-20(2)22(4)25(5,21(19)3)17-12-18-26(23-13-8-6-9-14-23)24-15-10-7-11-16-24/h6-11,13-16H,12,17-18H2,1-5H3. The number of rotatable bonds is 6. The van der Waals surface area contributed by atoms with Gasteiger partial charge < -0.3 is 0 Å². The molecule has 0 unspecified atom stereocenters. The van der Waals surface area contributed by atoms with Crippen molar-refractivity contribution in [3.05, 3.63) is 83.0 Å². The molecule has 136 valence electrons. The quantitative estimate of drug-likeness (QED) is 0.508. The third-order valence-electron chi connectivity index (χ3n) is 6.54. The Bertz CT molecular complexity index is 748. The van der Waals surface area contributed by atoms with Gasteiger partial charge in [-0.1, -0.05) is 78.7 Å². The Hall–Kier alpha value is -1.65. The molecular weight excluding hydrogens is 331 g/mol. The molecule has 0 radical (unpaired) electrons. The van der Waals surface area contributed by atoms with Gasteiger partial charge in [-0.15, -0.1) is 0 Å². The first-order valence-electron chi connectivity index (χ1n) is 9.69. The van der Waals surface area contributed by atoms with Crippen molar-refractivity contribution in [2.75, 3.05) is 6.16 Å². The van der Waals surface area contributed by atoms with Gasteiger partial charge >= 0.3 is 0 Å². The van der Waals surface area contributed by atoms with Crippen molar-refractivity contribution in [2.45, 2.75) is 47.5 Å². The molecule has 0 bridgehead atoms. The fourth-order valence-electron chi connectivity index (χ4n) is 4.26. The Morgan fingerprint density at radius 2 is 1.12 bits per heavy atom. The summed E-state index contributed by atoms with van der Waals surface area (Å²) in [5, 5.41) is 2.99. The lowest BCUT2D eigenvalue weighted by Crippen LogP contribution is -2.19. The average molecular weight is 362 g/mol. The number of benzene rings is 2. The maximum absolute atomic E-state index is 2.45. The fraction of sp³-hybridized carbons (Fsp3) is 0.360. The minimum Gasteiger partial charge on any atom is -0.0622 e. The summed E-state index contributed by atoms with van der Waals surface area (Å²) in [7, 11) is -0.276. The molecule has 2 aromatic rings. The molecule has 0 saturated carbocycles. The minimum atomic E-state index is -0.276. The number of hydrogen-bond donors (Lipinski definition) is 0. The zero-order chi connectivity index (χ0) is 18.7. The van der Waals surface area contributed by atoms with Crippen molar-refractivity contribution >= 4 is 18.5 Å². The number of allylic oxidation sites excluding steroid dienone is 4. The zero-order valence-corrected chi connectivity index (χ0v) is 17.7. The first-order valence-corrected chi connectivity index (χ1v) is 11.2. The molecule has 1 aliphatic carbocycles. The van der Waals surface area contributed by atoms with Crippen LogP contribution in [0.2, 0.25) is 0 Å². The van der Waals surface area contributed by atoms with Crippen LogP contribution in [0.25, 0.3) is 0 Å². The molecular formula is C25H31P. The maximum atomic E-state index is 2.45. The summed E-state index contributed by atoms with van der Waals surface area (Å²) in [6, 6.07) is 22.2. The van der Waals surface area contributed by atoms with Crippen LogP contribution in [0.3, 0.4) is 0 Å². The van der Waals surface area contributed by atoms with E-state index in [0.29, 0.717) is 0 Å². The van der Waals surface area contributed by atoms with Gasteiger partial charge in [0, 0.05) is 5.41 Å². The van der Waals surface area contributed by atoms with E-state index in [0.717, 1.165) is 0 Å². The molecule has 26 heavy (non-hydrogen) atoms. The van der Waals surface area contributed by atoms with Crippen molar-refractivity contribution in [3.63, 3.8) is 0 Å². The third kappa shape index (κ3) is 3.58. The first kappa shape index (κ1) is 19.1. The van der Waals surface area contributed by atoms with Crippen molar-refractivity contribution < 1.29 is 0 Å². The van der Waals surface area contributed by atoms with E-state index in [2.05, 4.69) is 95.3 Å². The Labute approximate surface area is 160 Å². The van der Waals surface area contributed by atoms with Crippen LogP contribution in [0, 0.1) is 5.41 Å². The molecule has 3 rings (SSSR count). The molecule has 1 aliphatic rings. The molecule has 0 fully saturated rings. The maximum Gasteiger partial charge on any atom is 0.00984 e. The molecule has 0 heterocycles. The molecule has 0 saturated heterocycles. The topological polar surface area (TPSA) is 0 Å². The minimum absolute atomic E-state index is 0.253. The second-order valence-corrected chi connectivity index (χ2v) is 10.1. The highest BCUT2D eigenvalue weighted by Gasteiger charge is 2.35. The van der Waals surface area contributed by atoms with E-state index in [4.69, 9.17) is 0 Å². The van der Waals surface area contributed by atoms with Gasteiger partial charge in [0.25, 0.3) is 0 Å². The molecule has 0 nitrogen and oxygen atoms in total. The monoisotopic (exact) mass is 362 g/mol.